The molecule has 0 bridgehead atoms. The number of ether oxygens (including phenoxy) is 1. The highest BCUT2D eigenvalue weighted by molar-refractivity contribution is 5.73. The van der Waals surface area contributed by atoms with E-state index < -0.39 is 23.8 Å². The lowest BCUT2D eigenvalue weighted by Crippen LogP contribution is -2.42. The third-order valence-electron chi connectivity index (χ3n) is 3.67. The Labute approximate surface area is 126 Å². The molecule has 1 unspecified atom stereocenters. The molecular weight excluding hydrogens is 299 g/mol. The first-order valence-electron chi connectivity index (χ1n) is 7.08. The number of para-hydroxylation sites is 1. The quantitative estimate of drug-likeness (QED) is 0.840. The van der Waals surface area contributed by atoms with Gasteiger partial charge in [0.25, 0.3) is 0 Å². The van der Waals surface area contributed by atoms with E-state index in [1.165, 1.54) is 18.2 Å². The Morgan fingerprint density at radius 3 is 2.59 bits per heavy atom. The van der Waals surface area contributed by atoms with Crippen molar-refractivity contribution in [3.05, 3.63) is 29.8 Å². The Balaban J connectivity index is 1.97. The van der Waals surface area contributed by atoms with Crippen molar-refractivity contribution in [3.63, 3.8) is 0 Å². The maximum atomic E-state index is 12.8. The number of carbonyl (C=O) groups is 1. The lowest BCUT2D eigenvalue weighted by Gasteiger charge is -2.26. The largest absolute Gasteiger partial charge is 0.492 e. The third-order valence-corrected chi connectivity index (χ3v) is 3.67. The SMILES string of the molecule is CC(C(=O)O)N(CCOc1ccccc1C(F)(F)F)C1CC1. The van der Waals surface area contributed by atoms with Crippen LogP contribution in [0, 0.1) is 0 Å². The molecule has 1 aliphatic carbocycles. The highest BCUT2D eigenvalue weighted by Crippen LogP contribution is 2.36. The number of halogens is 3. The van der Waals surface area contributed by atoms with Gasteiger partial charge < -0.3 is 9.84 Å². The van der Waals surface area contributed by atoms with E-state index in [1.54, 1.807) is 11.8 Å². The molecule has 1 fully saturated rings. The van der Waals surface area contributed by atoms with Crippen LogP contribution in [0.3, 0.4) is 0 Å². The van der Waals surface area contributed by atoms with Gasteiger partial charge in [0.05, 0.1) is 5.56 Å². The highest BCUT2D eigenvalue weighted by atomic mass is 19.4. The second-order valence-electron chi connectivity index (χ2n) is 5.33. The molecule has 1 aromatic carbocycles. The highest BCUT2D eigenvalue weighted by Gasteiger charge is 2.36. The summed E-state index contributed by atoms with van der Waals surface area (Å²) in [6.07, 6.45) is -2.64. The van der Waals surface area contributed by atoms with Crippen LogP contribution in [-0.2, 0) is 11.0 Å². The first kappa shape index (κ1) is 16.6. The van der Waals surface area contributed by atoms with Gasteiger partial charge in [-0.25, -0.2) is 0 Å². The number of carboxylic acids is 1. The van der Waals surface area contributed by atoms with Crippen LogP contribution >= 0.6 is 0 Å². The molecule has 0 amide bonds. The number of alkyl halides is 3. The first-order chi connectivity index (χ1) is 10.3. The van der Waals surface area contributed by atoms with Crippen LogP contribution < -0.4 is 4.74 Å². The van der Waals surface area contributed by atoms with Crippen LogP contribution in [0.5, 0.6) is 5.75 Å². The smallest absolute Gasteiger partial charge is 0.419 e. The van der Waals surface area contributed by atoms with E-state index >= 15 is 0 Å². The minimum absolute atomic E-state index is 0.0151. The van der Waals surface area contributed by atoms with Crippen molar-refractivity contribution in [2.45, 2.75) is 38.0 Å². The van der Waals surface area contributed by atoms with Crippen LogP contribution in [0.4, 0.5) is 13.2 Å². The van der Waals surface area contributed by atoms with Crippen molar-refractivity contribution in [2.75, 3.05) is 13.2 Å². The van der Waals surface area contributed by atoms with E-state index in [2.05, 4.69) is 0 Å². The number of nitrogens with zero attached hydrogens (tertiary/aromatic N) is 1. The van der Waals surface area contributed by atoms with Crippen molar-refractivity contribution >= 4 is 5.97 Å². The summed E-state index contributed by atoms with van der Waals surface area (Å²) in [4.78, 5) is 12.8. The predicted molar refractivity (Wildman–Crippen MR) is 73.8 cm³/mol. The lowest BCUT2D eigenvalue weighted by molar-refractivity contribution is -0.143. The minimum Gasteiger partial charge on any atom is -0.492 e. The molecule has 2 rings (SSSR count). The first-order valence-corrected chi connectivity index (χ1v) is 7.08. The molecule has 1 saturated carbocycles. The fourth-order valence-electron chi connectivity index (χ4n) is 2.33. The zero-order valence-electron chi connectivity index (χ0n) is 12.1. The summed E-state index contributed by atoms with van der Waals surface area (Å²) in [5.74, 6) is -1.17. The average molecular weight is 317 g/mol. The van der Waals surface area contributed by atoms with Crippen molar-refractivity contribution in [1.29, 1.82) is 0 Å². The van der Waals surface area contributed by atoms with E-state index in [0.717, 1.165) is 18.9 Å². The average Bonchev–Trinajstić information content (AvgIpc) is 3.26. The topological polar surface area (TPSA) is 49.8 Å². The van der Waals surface area contributed by atoms with Crippen molar-refractivity contribution in [1.82, 2.24) is 4.90 Å². The monoisotopic (exact) mass is 317 g/mol. The normalized spacial score (nSPS) is 16.6. The molecule has 7 heteroatoms. The summed E-state index contributed by atoms with van der Waals surface area (Å²) in [5.41, 5.74) is -0.820. The maximum absolute atomic E-state index is 12.8. The Kier molecular flexibility index (Phi) is 4.95. The Hall–Kier alpha value is -1.76. The van der Waals surface area contributed by atoms with Gasteiger partial charge >= 0.3 is 12.1 Å². The van der Waals surface area contributed by atoms with Crippen LogP contribution in [0.2, 0.25) is 0 Å². The zero-order chi connectivity index (χ0) is 16.3. The molecule has 0 aliphatic heterocycles. The number of hydrogen-bond acceptors (Lipinski definition) is 3. The van der Waals surface area contributed by atoms with Gasteiger partial charge in [0.15, 0.2) is 0 Å². The van der Waals surface area contributed by atoms with E-state index in [0.29, 0.717) is 0 Å². The van der Waals surface area contributed by atoms with Gasteiger partial charge in [0.1, 0.15) is 18.4 Å². The Morgan fingerprint density at radius 2 is 2.05 bits per heavy atom. The second-order valence-corrected chi connectivity index (χ2v) is 5.33. The van der Waals surface area contributed by atoms with Gasteiger partial charge in [-0.05, 0) is 31.9 Å². The second kappa shape index (κ2) is 6.56. The number of hydrogen-bond donors (Lipinski definition) is 1. The minimum atomic E-state index is -4.47. The van der Waals surface area contributed by atoms with Gasteiger partial charge in [-0.1, -0.05) is 12.1 Å². The van der Waals surface area contributed by atoms with Crippen molar-refractivity contribution in [3.8, 4) is 5.75 Å². The molecular formula is C15H18F3NO3. The van der Waals surface area contributed by atoms with Crippen LogP contribution in [0.25, 0.3) is 0 Å². The van der Waals surface area contributed by atoms with E-state index in [1.807, 2.05) is 0 Å². The van der Waals surface area contributed by atoms with Gasteiger partial charge in [0, 0.05) is 12.6 Å². The molecule has 1 N–H and O–H groups in total. The summed E-state index contributed by atoms with van der Waals surface area (Å²) in [5, 5.41) is 9.06. The molecule has 1 aromatic rings. The van der Waals surface area contributed by atoms with Gasteiger partial charge in [-0.2, -0.15) is 13.2 Å². The van der Waals surface area contributed by atoms with Gasteiger partial charge in [-0.15, -0.1) is 0 Å². The summed E-state index contributed by atoms with van der Waals surface area (Å²) >= 11 is 0. The molecule has 0 saturated heterocycles. The molecule has 0 aromatic heterocycles. The summed E-state index contributed by atoms with van der Waals surface area (Å²) in [6.45, 7) is 1.87. The summed E-state index contributed by atoms with van der Waals surface area (Å²) in [6, 6.07) is 4.53. The third kappa shape index (κ3) is 4.13. The molecule has 1 atom stereocenters. The van der Waals surface area contributed by atoms with E-state index in [9.17, 15) is 18.0 Å². The lowest BCUT2D eigenvalue weighted by atomic mass is 10.2. The summed E-state index contributed by atoms with van der Waals surface area (Å²) < 4.78 is 43.8. The fraction of sp³-hybridized carbons (Fsp3) is 0.533. The number of rotatable bonds is 7. The molecule has 0 radical (unpaired) electrons. The Bertz CT molecular complexity index is 529. The van der Waals surface area contributed by atoms with Crippen molar-refractivity contribution in [2.24, 2.45) is 0 Å². The molecule has 122 valence electrons. The molecule has 0 spiro atoms. The van der Waals surface area contributed by atoms with Crippen LogP contribution in [-0.4, -0.2) is 41.2 Å². The maximum Gasteiger partial charge on any atom is 0.419 e. The van der Waals surface area contributed by atoms with Gasteiger partial charge in [0.2, 0.25) is 0 Å². The summed E-state index contributed by atoms with van der Waals surface area (Å²) in [7, 11) is 0. The molecule has 0 heterocycles. The van der Waals surface area contributed by atoms with E-state index in [-0.39, 0.29) is 24.9 Å². The standard InChI is InChI=1S/C15H18F3NO3/c1-10(14(20)21)19(11-6-7-11)8-9-22-13-5-3-2-4-12(13)15(16,17)18/h2-5,10-11H,6-9H2,1H3,(H,20,21). The van der Waals surface area contributed by atoms with E-state index in [4.69, 9.17) is 9.84 Å². The number of carboxylic acid groups (broad SMARTS) is 1. The molecule has 22 heavy (non-hydrogen) atoms. The van der Waals surface area contributed by atoms with Crippen LogP contribution in [0.1, 0.15) is 25.3 Å². The van der Waals surface area contributed by atoms with Crippen LogP contribution in [0.15, 0.2) is 24.3 Å². The fourth-order valence-corrected chi connectivity index (χ4v) is 2.33. The molecule has 4 nitrogen and oxygen atoms in total. The van der Waals surface area contributed by atoms with Gasteiger partial charge in [-0.3, -0.25) is 9.69 Å². The number of aliphatic carboxylic acids is 1. The number of benzene rings is 1. The Morgan fingerprint density at radius 1 is 1.41 bits per heavy atom. The zero-order valence-corrected chi connectivity index (χ0v) is 12.1. The van der Waals surface area contributed by atoms with Crippen molar-refractivity contribution < 1.29 is 27.8 Å². The predicted octanol–water partition coefficient (Wildman–Crippen LogP) is 3.02. The molecule has 1 aliphatic rings.